The molecule has 0 fully saturated rings. The maximum Gasteiger partial charge on any atom is 0.167 e. The number of rotatable bonds is 6. The first-order valence-corrected chi connectivity index (χ1v) is 7.16. The van der Waals surface area contributed by atoms with Crippen LogP contribution in [0.15, 0.2) is 24.3 Å². The Balaban J connectivity index is 2.59. The Bertz CT molecular complexity index is 390. The zero-order valence-corrected chi connectivity index (χ0v) is 10.8. The molecule has 1 aromatic carbocycles. The number of hydrogen-bond acceptors (Lipinski definition) is 4. The highest BCUT2D eigenvalue weighted by Gasteiger charge is 2.15. The first-order valence-electron chi connectivity index (χ1n) is 4.85. The highest BCUT2D eigenvalue weighted by atomic mass is 32.3. The van der Waals surface area contributed by atoms with Crippen LogP contribution in [-0.4, -0.2) is 29.2 Å². The lowest BCUT2D eigenvalue weighted by atomic mass is 10.1. The smallest absolute Gasteiger partial charge is 0.167 e. The zero-order chi connectivity index (χ0) is 12.8. The van der Waals surface area contributed by atoms with Gasteiger partial charge in [-0.25, -0.2) is 4.21 Å². The van der Waals surface area contributed by atoms with E-state index in [0.29, 0.717) is 12.2 Å². The summed E-state index contributed by atoms with van der Waals surface area (Å²) >= 11 is -4.89. The second kappa shape index (κ2) is 6.85. The number of aryl methyl sites for hydroxylation is 1. The van der Waals surface area contributed by atoms with E-state index in [0.717, 1.165) is 5.56 Å². The van der Waals surface area contributed by atoms with Gasteiger partial charge in [-0.3, -0.25) is 4.21 Å². The molecule has 1 rings (SSSR count). The van der Waals surface area contributed by atoms with Gasteiger partial charge in [-0.15, -0.1) is 0 Å². The molecule has 0 heterocycles. The number of ether oxygens (including phenoxy) is 1. The van der Waals surface area contributed by atoms with Crippen LogP contribution in [0.5, 0.6) is 5.75 Å². The van der Waals surface area contributed by atoms with Crippen molar-refractivity contribution >= 4 is 22.2 Å². The van der Waals surface area contributed by atoms with E-state index in [2.05, 4.69) is 0 Å². The minimum Gasteiger partial charge on any atom is -0.771 e. The molecule has 3 unspecified atom stereocenters. The van der Waals surface area contributed by atoms with Crippen molar-refractivity contribution < 1.29 is 22.3 Å². The Kier molecular flexibility index (Phi) is 5.76. The molecule has 5 nitrogen and oxygen atoms in total. The number of methoxy groups -OCH3 is 1. The lowest BCUT2D eigenvalue weighted by Gasteiger charge is -2.15. The first kappa shape index (κ1) is 14.3. The molecule has 7 heteroatoms. The van der Waals surface area contributed by atoms with Gasteiger partial charge in [-0.1, -0.05) is 12.1 Å². The predicted octanol–water partition coefficient (Wildman–Crippen LogP) is 1.05. The summed E-state index contributed by atoms with van der Waals surface area (Å²) in [7, 11) is 1.56. The fourth-order valence-corrected chi connectivity index (χ4v) is 2.51. The van der Waals surface area contributed by atoms with Crippen molar-refractivity contribution in [3.63, 3.8) is 0 Å². The molecule has 0 aliphatic rings. The van der Waals surface area contributed by atoms with Crippen molar-refractivity contribution in [1.29, 1.82) is 0 Å². The standard InChI is InChI=1S/C10H14O5S2/c1-15-9-5-2-8(3-6-9)4-7-10(16(11)12)17(13)14/h2-3,5-6,10H,4,7H2,1H3,(H,11,12)(H,13,14)/p-1. The van der Waals surface area contributed by atoms with Gasteiger partial charge < -0.3 is 13.8 Å². The molecule has 3 atom stereocenters. The SMILES string of the molecule is COc1ccc(CCC(S(=O)[O-])S(=O)O)cc1. The van der Waals surface area contributed by atoms with E-state index in [-0.39, 0.29) is 6.42 Å². The normalized spacial score (nSPS) is 16.2. The lowest BCUT2D eigenvalue weighted by molar-refractivity contribution is 0.414. The van der Waals surface area contributed by atoms with Crippen LogP contribution in [0.3, 0.4) is 0 Å². The Morgan fingerprint density at radius 3 is 2.35 bits per heavy atom. The van der Waals surface area contributed by atoms with Crippen LogP contribution in [0.25, 0.3) is 0 Å². The van der Waals surface area contributed by atoms with Crippen LogP contribution >= 0.6 is 0 Å². The summed E-state index contributed by atoms with van der Waals surface area (Å²) in [5.41, 5.74) is 0.895. The number of benzene rings is 1. The molecular formula is C10H13O5S2-. The third-order valence-electron chi connectivity index (χ3n) is 2.27. The van der Waals surface area contributed by atoms with E-state index in [1.807, 2.05) is 0 Å². The summed E-state index contributed by atoms with van der Waals surface area (Å²) in [5, 5.41) is 0. The van der Waals surface area contributed by atoms with E-state index in [4.69, 9.17) is 9.29 Å². The van der Waals surface area contributed by atoms with Gasteiger partial charge in [-0.05, 0) is 41.6 Å². The molecule has 96 valence electrons. The quantitative estimate of drug-likeness (QED) is 0.785. The largest absolute Gasteiger partial charge is 0.771 e. The second-order valence-electron chi connectivity index (χ2n) is 3.35. The molecule has 0 saturated carbocycles. The van der Waals surface area contributed by atoms with Crippen LogP contribution in [0.2, 0.25) is 0 Å². The minimum atomic E-state index is -2.54. The second-order valence-corrected chi connectivity index (χ2v) is 5.86. The lowest BCUT2D eigenvalue weighted by Crippen LogP contribution is -2.21. The molecule has 0 aliphatic carbocycles. The van der Waals surface area contributed by atoms with Gasteiger partial charge in [-0.2, -0.15) is 0 Å². The Labute approximate surface area is 105 Å². The van der Waals surface area contributed by atoms with Gasteiger partial charge in [0.25, 0.3) is 0 Å². The number of hydrogen-bond donors (Lipinski definition) is 1. The van der Waals surface area contributed by atoms with Crippen molar-refractivity contribution in [2.75, 3.05) is 7.11 Å². The molecule has 0 aliphatic heterocycles. The van der Waals surface area contributed by atoms with Gasteiger partial charge in [0, 0.05) is 0 Å². The summed E-state index contributed by atoms with van der Waals surface area (Å²) in [4.78, 5) is 0. The third kappa shape index (κ3) is 4.55. The zero-order valence-electron chi connectivity index (χ0n) is 9.20. The summed E-state index contributed by atoms with van der Waals surface area (Å²) in [6.07, 6.45) is 0.542. The van der Waals surface area contributed by atoms with Gasteiger partial charge in [0.2, 0.25) is 0 Å². The van der Waals surface area contributed by atoms with Crippen LogP contribution in [-0.2, 0) is 28.6 Å². The van der Waals surface area contributed by atoms with E-state index in [9.17, 15) is 13.0 Å². The predicted molar refractivity (Wildman–Crippen MR) is 64.8 cm³/mol. The summed E-state index contributed by atoms with van der Waals surface area (Å²) in [6, 6.07) is 7.11. The van der Waals surface area contributed by atoms with Gasteiger partial charge in [0.1, 0.15) is 10.3 Å². The van der Waals surface area contributed by atoms with Crippen LogP contribution in [0.4, 0.5) is 0 Å². The van der Waals surface area contributed by atoms with Gasteiger partial charge in [0.15, 0.2) is 11.1 Å². The maximum absolute atomic E-state index is 10.8. The average molecular weight is 277 g/mol. The third-order valence-corrected chi connectivity index (χ3v) is 4.58. The Morgan fingerprint density at radius 1 is 1.35 bits per heavy atom. The topological polar surface area (TPSA) is 86.7 Å². The molecule has 17 heavy (non-hydrogen) atoms. The van der Waals surface area contributed by atoms with E-state index in [1.165, 1.54) is 0 Å². The van der Waals surface area contributed by atoms with Gasteiger partial charge in [0.05, 0.1) is 7.11 Å². The minimum absolute atomic E-state index is 0.117. The molecular weight excluding hydrogens is 264 g/mol. The summed E-state index contributed by atoms with van der Waals surface area (Å²) < 4.78 is 44.7. The molecule has 0 radical (unpaired) electrons. The van der Waals surface area contributed by atoms with Crippen molar-refractivity contribution in [3.05, 3.63) is 29.8 Å². The molecule has 0 amide bonds. The Hall–Kier alpha value is -0.760. The molecule has 1 aromatic rings. The molecule has 0 bridgehead atoms. The highest BCUT2D eigenvalue weighted by molar-refractivity contribution is 7.97. The van der Waals surface area contributed by atoms with Crippen LogP contribution < -0.4 is 4.74 Å². The van der Waals surface area contributed by atoms with E-state index >= 15 is 0 Å². The monoisotopic (exact) mass is 277 g/mol. The highest BCUT2D eigenvalue weighted by Crippen LogP contribution is 2.15. The van der Waals surface area contributed by atoms with Crippen molar-refractivity contribution in [2.45, 2.75) is 17.4 Å². The molecule has 0 spiro atoms. The van der Waals surface area contributed by atoms with Crippen LogP contribution in [0.1, 0.15) is 12.0 Å². The fraction of sp³-hybridized carbons (Fsp3) is 0.400. The van der Waals surface area contributed by atoms with E-state index < -0.39 is 26.7 Å². The fourth-order valence-electron chi connectivity index (χ4n) is 1.34. The summed E-state index contributed by atoms with van der Waals surface area (Å²) in [6.45, 7) is 0. The molecule has 0 saturated heterocycles. The van der Waals surface area contributed by atoms with Crippen LogP contribution in [0, 0.1) is 0 Å². The van der Waals surface area contributed by atoms with Crippen molar-refractivity contribution in [2.24, 2.45) is 0 Å². The van der Waals surface area contributed by atoms with Gasteiger partial charge >= 0.3 is 0 Å². The average Bonchev–Trinajstić information content (AvgIpc) is 2.29. The maximum atomic E-state index is 10.8. The summed E-state index contributed by atoms with van der Waals surface area (Å²) in [5.74, 6) is 0.712. The molecule has 0 aromatic heterocycles. The molecule has 1 N–H and O–H groups in total. The first-order chi connectivity index (χ1) is 8.04. The Morgan fingerprint density at radius 2 is 1.94 bits per heavy atom. The van der Waals surface area contributed by atoms with E-state index in [1.54, 1.807) is 31.4 Å². The van der Waals surface area contributed by atoms with Crippen molar-refractivity contribution in [3.8, 4) is 5.75 Å². The van der Waals surface area contributed by atoms with Crippen molar-refractivity contribution in [1.82, 2.24) is 0 Å².